The van der Waals surface area contributed by atoms with Gasteiger partial charge in [-0.15, -0.1) is 13.2 Å². The number of nitrogens with zero attached hydrogens (tertiary/aromatic N) is 3. The second kappa shape index (κ2) is 8.42. The van der Waals surface area contributed by atoms with Gasteiger partial charge in [-0.2, -0.15) is 0 Å². The molecule has 1 heterocycles. The molecule has 2 aromatic carbocycles. The molecule has 0 bridgehead atoms. The topological polar surface area (TPSA) is 38.1 Å². The van der Waals surface area contributed by atoms with Gasteiger partial charge in [0.2, 0.25) is 5.91 Å². The van der Waals surface area contributed by atoms with Crippen molar-refractivity contribution in [3.8, 4) is 11.4 Å². The highest BCUT2D eigenvalue weighted by Gasteiger charge is 2.19. The molecule has 3 rings (SSSR count). The zero-order valence-electron chi connectivity index (χ0n) is 14.7. The first-order chi connectivity index (χ1) is 13.0. The fourth-order valence-corrected chi connectivity index (χ4v) is 3.43. The SMILES string of the molecule is C=CCN(CC=C)C(=O)Cn1c(-c2ccc(Cl)cc2Cl)nc2ccccc21. The highest BCUT2D eigenvalue weighted by molar-refractivity contribution is 6.36. The summed E-state index contributed by atoms with van der Waals surface area (Å²) in [5.74, 6) is 0.577. The number of fused-ring (bicyclic) bond motifs is 1. The largest absolute Gasteiger partial charge is 0.334 e. The highest BCUT2D eigenvalue weighted by Crippen LogP contribution is 2.32. The molecule has 0 fully saturated rings. The number of para-hydroxylation sites is 2. The van der Waals surface area contributed by atoms with Crippen LogP contribution < -0.4 is 0 Å². The van der Waals surface area contributed by atoms with Crippen LogP contribution in [0.2, 0.25) is 10.0 Å². The molecule has 0 atom stereocenters. The first-order valence-electron chi connectivity index (χ1n) is 8.45. The van der Waals surface area contributed by atoms with Crippen molar-refractivity contribution in [2.45, 2.75) is 6.54 Å². The van der Waals surface area contributed by atoms with Crippen molar-refractivity contribution in [1.29, 1.82) is 0 Å². The van der Waals surface area contributed by atoms with Crippen LogP contribution in [0.4, 0.5) is 0 Å². The monoisotopic (exact) mass is 399 g/mol. The van der Waals surface area contributed by atoms with Gasteiger partial charge in [0.05, 0.1) is 16.1 Å². The molecular weight excluding hydrogens is 381 g/mol. The van der Waals surface area contributed by atoms with Crippen molar-refractivity contribution < 1.29 is 4.79 Å². The first-order valence-corrected chi connectivity index (χ1v) is 9.21. The van der Waals surface area contributed by atoms with Crippen LogP contribution in [-0.4, -0.2) is 33.4 Å². The van der Waals surface area contributed by atoms with Crippen molar-refractivity contribution in [2.75, 3.05) is 13.1 Å². The summed E-state index contributed by atoms with van der Waals surface area (Å²) in [6, 6.07) is 12.9. The Balaban J connectivity index is 2.09. The van der Waals surface area contributed by atoms with E-state index < -0.39 is 0 Å². The van der Waals surface area contributed by atoms with Crippen molar-refractivity contribution in [1.82, 2.24) is 14.5 Å². The summed E-state index contributed by atoms with van der Waals surface area (Å²) >= 11 is 12.4. The number of halogens is 2. The molecule has 0 saturated heterocycles. The molecule has 3 aromatic rings. The predicted octanol–water partition coefficient (Wildman–Crippen LogP) is 5.21. The van der Waals surface area contributed by atoms with Gasteiger partial charge >= 0.3 is 0 Å². The molecule has 1 aromatic heterocycles. The molecule has 6 heteroatoms. The van der Waals surface area contributed by atoms with Crippen LogP contribution in [0.15, 0.2) is 67.8 Å². The quantitative estimate of drug-likeness (QED) is 0.511. The highest BCUT2D eigenvalue weighted by atomic mass is 35.5. The molecule has 0 aliphatic heterocycles. The van der Waals surface area contributed by atoms with E-state index in [0.29, 0.717) is 29.0 Å². The van der Waals surface area contributed by atoms with Gasteiger partial charge in [0.15, 0.2) is 0 Å². The maximum absolute atomic E-state index is 12.9. The number of carbonyl (C=O) groups excluding carboxylic acids is 1. The summed E-state index contributed by atoms with van der Waals surface area (Å²) in [6.07, 6.45) is 3.40. The third-order valence-electron chi connectivity index (χ3n) is 4.17. The minimum absolute atomic E-state index is 0.0516. The van der Waals surface area contributed by atoms with E-state index in [9.17, 15) is 4.79 Å². The van der Waals surface area contributed by atoms with E-state index in [0.717, 1.165) is 16.6 Å². The van der Waals surface area contributed by atoms with Crippen LogP contribution in [-0.2, 0) is 11.3 Å². The summed E-state index contributed by atoms with van der Waals surface area (Å²) in [4.78, 5) is 19.3. The standard InChI is InChI=1S/C21H19Cl2N3O/c1-3-11-25(12-4-2)20(27)14-26-19-8-6-5-7-18(19)24-21(26)16-10-9-15(22)13-17(16)23/h3-10,13H,1-2,11-12,14H2. The smallest absolute Gasteiger partial charge is 0.243 e. The van der Waals surface area contributed by atoms with Gasteiger partial charge < -0.3 is 9.47 Å². The molecule has 0 aliphatic carbocycles. The predicted molar refractivity (Wildman–Crippen MR) is 112 cm³/mol. The Hall–Kier alpha value is -2.56. The molecule has 4 nitrogen and oxygen atoms in total. The third-order valence-corrected chi connectivity index (χ3v) is 4.72. The van der Waals surface area contributed by atoms with E-state index in [4.69, 9.17) is 28.2 Å². The molecule has 27 heavy (non-hydrogen) atoms. The van der Waals surface area contributed by atoms with E-state index >= 15 is 0 Å². The zero-order valence-corrected chi connectivity index (χ0v) is 16.2. The lowest BCUT2D eigenvalue weighted by atomic mass is 10.2. The molecule has 0 aliphatic rings. The van der Waals surface area contributed by atoms with E-state index in [1.807, 2.05) is 34.9 Å². The summed E-state index contributed by atoms with van der Waals surface area (Å²) in [7, 11) is 0. The summed E-state index contributed by atoms with van der Waals surface area (Å²) in [5, 5.41) is 1.03. The molecule has 1 amide bonds. The van der Waals surface area contributed by atoms with Gasteiger partial charge in [0, 0.05) is 23.7 Å². The summed E-state index contributed by atoms with van der Waals surface area (Å²) in [6.45, 7) is 8.48. The molecule has 0 unspecified atom stereocenters. The van der Waals surface area contributed by atoms with Crippen molar-refractivity contribution in [3.63, 3.8) is 0 Å². The van der Waals surface area contributed by atoms with Crippen LogP contribution in [0, 0.1) is 0 Å². The first kappa shape index (κ1) is 19.2. The Morgan fingerprint density at radius 1 is 1.11 bits per heavy atom. The van der Waals surface area contributed by atoms with Crippen LogP contribution in [0.5, 0.6) is 0 Å². The molecular formula is C21H19Cl2N3O. The number of amides is 1. The second-order valence-corrected chi connectivity index (χ2v) is 6.85. The van der Waals surface area contributed by atoms with Gasteiger partial charge in [-0.3, -0.25) is 4.79 Å². The Morgan fingerprint density at radius 3 is 2.48 bits per heavy atom. The number of benzene rings is 2. The third kappa shape index (κ3) is 4.07. The minimum atomic E-state index is -0.0516. The average molecular weight is 400 g/mol. The van der Waals surface area contributed by atoms with E-state index in [2.05, 4.69) is 13.2 Å². The molecule has 0 spiro atoms. The van der Waals surface area contributed by atoms with Gasteiger partial charge in [0.25, 0.3) is 0 Å². The van der Waals surface area contributed by atoms with Crippen LogP contribution in [0.25, 0.3) is 22.4 Å². The Bertz CT molecular complexity index is 1000. The summed E-state index contributed by atoms with van der Waals surface area (Å²) in [5.41, 5.74) is 2.39. The molecule has 0 N–H and O–H groups in total. The minimum Gasteiger partial charge on any atom is -0.334 e. The van der Waals surface area contributed by atoms with Crippen LogP contribution in [0.3, 0.4) is 0 Å². The fraction of sp³-hybridized carbons (Fsp3) is 0.143. The lowest BCUT2D eigenvalue weighted by Gasteiger charge is -2.20. The van der Waals surface area contributed by atoms with Crippen molar-refractivity contribution in [3.05, 3.63) is 77.8 Å². The summed E-state index contributed by atoms with van der Waals surface area (Å²) < 4.78 is 1.88. The fourth-order valence-electron chi connectivity index (χ4n) is 2.94. The van der Waals surface area contributed by atoms with Crippen molar-refractivity contribution in [2.24, 2.45) is 0 Å². The van der Waals surface area contributed by atoms with E-state index in [1.165, 1.54) is 0 Å². The maximum Gasteiger partial charge on any atom is 0.243 e. The van der Waals surface area contributed by atoms with Gasteiger partial charge in [-0.25, -0.2) is 4.98 Å². The number of carbonyl (C=O) groups is 1. The van der Waals surface area contributed by atoms with E-state index in [1.54, 1.807) is 29.2 Å². The lowest BCUT2D eigenvalue weighted by molar-refractivity contribution is -0.130. The van der Waals surface area contributed by atoms with Crippen molar-refractivity contribution >= 4 is 40.1 Å². The average Bonchev–Trinajstić information content (AvgIpc) is 3.00. The molecule has 138 valence electrons. The van der Waals surface area contributed by atoms with Gasteiger partial charge in [-0.1, -0.05) is 47.5 Å². The number of imidazole rings is 1. The maximum atomic E-state index is 12.9. The number of aromatic nitrogens is 2. The Labute approximate surface area is 168 Å². The van der Waals surface area contributed by atoms with E-state index in [-0.39, 0.29) is 12.5 Å². The zero-order chi connectivity index (χ0) is 19.4. The van der Waals surface area contributed by atoms with Crippen LogP contribution >= 0.6 is 23.2 Å². The molecule has 0 radical (unpaired) electrons. The lowest BCUT2D eigenvalue weighted by Crippen LogP contribution is -2.34. The Kier molecular flexibility index (Phi) is 5.99. The van der Waals surface area contributed by atoms with Crippen LogP contribution in [0.1, 0.15) is 0 Å². The molecule has 0 saturated carbocycles. The van der Waals surface area contributed by atoms with Gasteiger partial charge in [0.1, 0.15) is 12.4 Å². The number of hydrogen-bond donors (Lipinski definition) is 0. The second-order valence-electron chi connectivity index (χ2n) is 6.01. The normalized spacial score (nSPS) is 10.7. The number of rotatable bonds is 7. The van der Waals surface area contributed by atoms with Gasteiger partial charge in [-0.05, 0) is 30.3 Å². The number of hydrogen-bond acceptors (Lipinski definition) is 2. The Morgan fingerprint density at radius 2 is 1.81 bits per heavy atom.